The molecule has 2 aliphatic heterocycles. The Labute approximate surface area is 188 Å². The standard InChI is InChI=1S/C24H28ClN3O3/c25-20-8-5-18(6-9-20)7-10-22(29)28-12-2-3-19(17-28)23-21(4-1-11-26-23)24(30)27-13-15-31-16-14-27/h1,4-6,8-9,11,19H,2-3,7,10,12-17H2/t19-/m0/s1. The maximum absolute atomic E-state index is 13.1. The summed E-state index contributed by atoms with van der Waals surface area (Å²) in [7, 11) is 0. The lowest BCUT2D eigenvalue weighted by Crippen LogP contribution is -2.42. The zero-order chi connectivity index (χ0) is 21.6. The fraction of sp³-hybridized carbons (Fsp3) is 0.458. The normalized spacial score (nSPS) is 19.3. The molecule has 2 aliphatic rings. The molecular weight excluding hydrogens is 414 g/mol. The number of pyridine rings is 1. The third-order valence-electron chi connectivity index (χ3n) is 6.07. The van der Waals surface area contributed by atoms with Crippen LogP contribution < -0.4 is 0 Å². The van der Waals surface area contributed by atoms with Crippen LogP contribution in [0.5, 0.6) is 0 Å². The Morgan fingerprint density at radius 2 is 1.84 bits per heavy atom. The smallest absolute Gasteiger partial charge is 0.255 e. The molecule has 31 heavy (non-hydrogen) atoms. The molecule has 7 heteroatoms. The molecule has 0 spiro atoms. The first-order valence-corrected chi connectivity index (χ1v) is 11.3. The minimum absolute atomic E-state index is 0.0117. The van der Waals surface area contributed by atoms with Gasteiger partial charge >= 0.3 is 0 Å². The predicted octanol–water partition coefficient (Wildman–Crippen LogP) is 3.55. The van der Waals surface area contributed by atoms with Crippen LogP contribution in [0.4, 0.5) is 0 Å². The monoisotopic (exact) mass is 441 g/mol. The Kier molecular flexibility index (Phi) is 7.20. The number of benzene rings is 1. The Morgan fingerprint density at radius 1 is 1.06 bits per heavy atom. The summed E-state index contributed by atoms with van der Waals surface area (Å²) in [6, 6.07) is 11.3. The highest BCUT2D eigenvalue weighted by atomic mass is 35.5. The zero-order valence-electron chi connectivity index (χ0n) is 17.6. The van der Waals surface area contributed by atoms with Crippen molar-refractivity contribution in [2.45, 2.75) is 31.6 Å². The number of aryl methyl sites for hydroxylation is 1. The lowest BCUT2D eigenvalue weighted by atomic mass is 9.90. The number of hydrogen-bond donors (Lipinski definition) is 0. The van der Waals surface area contributed by atoms with Crippen molar-refractivity contribution in [2.24, 2.45) is 0 Å². The quantitative estimate of drug-likeness (QED) is 0.711. The van der Waals surface area contributed by atoms with E-state index in [4.69, 9.17) is 16.3 Å². The molecule has 0 bridgehead atoms. The topological polar surface area (TPSA) is 62.7 Å². The minimum Gasteiger partial charge on any atom is -0.378 e. The Morgan fingerprint density at radius 3 is 2.61 bits per heavy atom. The second kappa shape index (κ2) is 10.2. The van der Waals surface area contributed by atoms with Crippen molar-refractivity contribution in [1.82, 2.24) is 14.8 Å². The molecule has 0 saturated carbocycles. The SMILES string of the molecule is O=C(CCc1ccc(Cl)cc1)N1CCC[C@H](c2ncccc2C(=O)N2CCOCC2)C1. The molecule has 0 radical (unpaired) electrons. The van der Waals surface area contributed by atoms with Gasteiger partial charge in [0.2, 0.25) is 5.91 Å². The number of nitrogens with zero attached hydrogens (tertiary/aromatic N) is 3. The summed E-state index contributed by atoms with van der Waals surface area (Å²) in [5.74, 6) is 0.239. The van der Waals surface area contributed by atoms with Crippen LogP contribution in [-0.2, 0) is 16.0 Å². The van der Waals surface area contributed by atoms with E-state index in [1.54, 1.807) is 6.20 Å². The van der Waals surface area contributed by atoms with E-state index >= 15 is 0 Å². The number of ether oxygens (including phenoxy) is 1. The van der Waals surface area contributed by atoms with Gasteiger partial charge in [-0.25, -0.2) is 0 Å². The van der Waals surface area contributed by atoms with Gasteiger partial charge in [-0.1, -0.05) is 23.7 Å². The number of halogens is 1. The van der Waals surface area contributed by atoms with Crippen LogP contribution in [0.15, 0.2) is 42.6 Å². The summed E-state index contributed by atoms with van der Waals surface area (Å²) in [6.07, 6.45) is 4.75. The van der Waals surface area contributed by atoms with Gasteiger partial charge in [0.05, 0.1) is 24.5 Å². The second-order valence-corrected chi connectivity index (χ2v) is 8.58. The van der Waals surface area contributed by atoms with Gasteiger partial charge in [-0.05, 0) is 49.1 Å². The molecule has 1 atom stereocenters. The summed E-state index contributed by atoms with van der Waals surface area (Å²) in [5, 5.41) is 0.701. The minimum atomic E-state index is 0.0117. The van der Waals surface area contributed by atoms with Crippen molar-refractivity contribution in [3.8, 4) is 0 Å². The molecule has 1 aromatic carbocycles. The number of likely N-dealkylation sites (tertiary alicyclic amines) is 1. The van der Waals surface area contributed by atoms with Crippen molar-refractivity contribution in [1.29, 1.82) is 0 Å². The first-order valence-electron chi connectivity index (χ1n) is 11.0. The van der Waals surface area contributed by atoms with Crippen LogP contribution in [-0.4, -0.2) is 66.0 Å². The lowest BCUT2D eigenvalue weighted by molar-refractivity contribution is -0.132. The molecule has 4 rings (SSSR count). The predicted molar refractivity (Wildman–Crippen MR) is 119 cm³/mol. The number of carbonyl (C=O) groups is 2. The number of carbonyl (C=O) groups excluding carboxylic acids is 2. The number of morpholine rings is 1. The molecule has 1 aromatic heterocycles. The van der Waals surface area contributed by atoms with Crippen LogP contribution in [0.1, 0.15) is 46.8 Å². The number of rotatable bonds is 5. The largest absolute Gasteiger partial charge is 0.378 e. The summed E-state index contributed by atoms with van der Waals surface area (Å²) >= 11 is 5.94. The van der Waals surface area contributed by atoms with E-state index < -0.39 is 0 Å². The van der Waals surface area contributed by atoms with Crippen molar-refractivity contribution in [3.63, 3.8) is 0 Å². The van der Waals surface area contributed by atoms with E-state index in [1.807, 2.05) is 46.2 Å². The van der Waals surface area contributed by atoms with Gasteiger partial charge < -0.3 is 14.5 Å². The Balaban J connectivity index is 1.41. The van der Waals surface area contributed by atoms with Crippen molar-refractivity contribution in [2.75, 3.05) is 39.4 Å². The highest BCUT2D eigenvalue weighted by Gasteiger charge is 2.30. The first kappa shape index (κ1) is 21.8. The third-order valence-corrected chi connectivity index (χ3v) is 6.32. The van der Waals surface area contributed by atoms with E-state index in [2.05, 4.69) is 4.98 Å². The van der Waals surface area contributed by atoms with Crippen LogP contribution in [0.3, 0.4) is 0 Å². The summed E-state index contributed by atoms with van der Waals surface area (Å²) < 4.78 is 5.37. The lowest BCUT2D eigenvalue weighted by Gasteiger charge is -2.34. The van der Waals surface area contributed by atoms with E-state index in [1.165, 1.54) is 0 Å². The molecule has 0 aliphatic carbocycles. The highest BCUT2D eigenvalue weighted by Crippen LogP contribution is 2.29. The molecule has 164 valence electrons. The van der Waals surface area contributed by atoms with Crippen molar-refractivity contribution in [3.05, 3.63) is 64.4 Å². The van der Waals surface area contributed by atoms with Crippen molar-refractivity contribution >= 4 is 23.4 Å². The van der Waals surface area contributed by atoms with E-state index in [-0.39, 0.29) is 17.7 Å². The summed E-state index contributed by atoms with van der Waals surface area (Å²) in [6.45, 7) is 3.72. The summed E-state index contributed by atoms with van der Waals surface area (Å²) in [4.78, 5) is 34.3. The number of amides is 2. The fourth-order valence-corrected chi connectivity index (χ4v) is 4.47. The summed E-state index contributed by atoms with van der Waals surface area (Å²) in [5.41, 5.74) is 2.58. The molecule has 2 saturated heterocycles. The van der Waals surface area contributed by atoms with E-state index in [0.717, 1.165) is 30.6 Å². The van der Waals surface area contributed by atoms with Gasteiger partial charge in [0, 0.05) is 49.7 Å². The van der Waals surface area contributed by atoms with Gasteiger partial charge in [-0.15, -0.1) is 0 Å². The molecule has 3 heterocycles. The van der Waals surface area contributed by atoms with Gasteiger partial charge in [0.15, 0.2) is 0 Å². The van der Waals surface area contributed by atoms with Crippen LogP contribution in [0.25, 0.3) is 0 Å². The maximum Gasteiger partial charge on any atom is 0.255 e. The molecular formula is C24H28ClN3O3. The molecule has 2 fully saturated rings. The van der Waals surface area contributed by atoms with Crippen LogP contribution in [0, 0.1) is 0 Å². The van der Waals surface area contributed by atoms with Gasteiger partial charge in [-0.2, -0.15) is 0 Å². The van der Waals surface area contributed by atoms with Gasteiger partial charge in [-0.3, -0.25) is 14.6 Å². The Bertz CT molecular complexity index is 913. The molecule has 0 unspecified atom stereocenters. The van der Waals surface area contributed by atoms with Gasteiger partial charge in [0.25, 0.3) is 5.91 Å². The van der Waals surface area contributed by atoms with Gasteiger partial charge in [0.1, 0.15) is 0 Å². The number of piperidine rings is 1. The van der Waals surface area contributed by atoms with Crippen LogP contribution in [0.2, 0.25) is 5.02 Å². The molecule has 2 amide bonds. The van der Waals surface area contributed by atoms with Crippen molar-refractivity contribution < 1.29 is 14.3 Å². The average Bonchev–Trinajstić information content (AvgIpc) is 2.83. The second-order valence-electron chi connectivity index (χ2n) is 8.15. The van der Waals surface area contributed by atoms with E-state index in [0.29, 0.717) is 56.3 Å². The highest BCUT2D eigenvalue weighted by molar-refractivity contribution is 6.30. The molecule has 0 N–H and O–H groups in total. The first-order chi connectivity index (χ1) is 15.1. The number of aromatic nitrogens is 1. The Hall–Kier alpha value is -2.44. The zero-order valence-corrected chi connectivity index (χ0v) is 18.4. The fourth-order valence-electron chi connectivity index (χ4n) is 4.35. The maximum atomic E-state index is 13.1. The molecule has 2 aromatic rings. The third kappa shape index (κ3) is 5.43. The molecule has 6 nitrogen and oxygen atoms in total. The van der Waals surface area contributed by atoms with E-state index in [9.17, 15) is 9.59 Å². The van der Waals surface area contributed by atoms with Crippen LogP contribution >= 0.6 is 11.6 Å². The number of hydrogen-bond acceptors (Lipinski definition) is 4. The average molecular weight is 442 g/mol.